The maximum absolute atomic E-state index is 12.5. The van der Waals surface area contributed by atoms with Gasteiger partial charge in [0.2, 0.25) is 0 Å². The van der Waals surface area contributed by atoms with Crippen molar-refractivity contribution in [2.45, 2.75) is 39.2 Å². The van der Waals surface area contributed by atoms with E-state index < -0.39 is 43.0 Å². The summed E-state index contributed by atoms with van der Waals surface area (Å²) < 4.78 is 25.1. The van der Waals surface area contributed by atoms with Crippen LogP contribution in [0, 0.1) is 5.41 Å². The van der Waals surface area contributed by atoms with Gasteiger partial charge in [0.1, 0.15) is 6.04 Å². The lowest BCUT2D eigenvalue weighted by molar-refractivity contribution is -0.148. The Bertz CT molecular complexity index is 390. The third-order valence-electron chi connectivity index (χ3n) is 3.75. The molecule has 6 nitrogen and oxygen atoms in total. The molecule has 0 aliphatic carbocycles. The number of carboxylic acids is 1. The number of halogens is 2. The zero-order valence-electron chi connectivity index (χ0n) is 12.3. The van der Waals surface area contributed by atoms with Gasteiger partial charge in [-0.1, -0.05) is 13.8 Å². The molecule has 0 radical (unpaired) electrons. The van der Waals surface area contributed by atoms with Crippen LogP contribution in [-0.2, 0) is 4.79 Å². The van der Waals surface area contributed by atoms with Gasteiger partial charge in [-0.2, -0.15) is 0 Å². The van der Waals surface area contributed by atoms with E-state index in [-0.39, 0.29) is 13.1 Å². The summed E-state index contributed by atoms with van der Waals surface area (Å²) in [6.45, 7) is 2.19. The van der Waals surface area contributed by atoms with E-state index in [1.165, 1.54) is 0 Å². The van der Waals surface area contributed by atoms with Crippen molar-refractivity contribution < 1.29 is 28.6 Å². The average Bonchev–Trinajstić information content (AvgIpc) is 2.34. The number of aliphatic carboxylic acids is 1. The molecule has 122 valence electrons. The molecule has 21 heavy (non-hydrogen) atoms. The lowest BCUT2D eigenvalue weighted by atomic mass is 9.76. The van der Waals surface area contributed by atoms with Gasteiger partial charge in [-0.25, -0.2) is 18.4 Å². The Labute approximate surface area is 122 Å². The first-order chi connectivity index (χ1) is 9.70. The second-order valence-electron chi connectivity index (χ2n) is 5.87. The fourth-order valence-electron chi connectivity index (χ4n) is 2.80. The molecule has 1 fully saturated rings. The predicted molar refractivity (Wildman–Crippen MR) is 71.2 cm³/mol. The van der Waals surface area contributed by atoms with Crippen LogP contribution in [0.3, 0.4) is 0 Å². The van der Waals surface area contributed by atoms with E-state index in [2.05, 4.69) is 0 Å². The summed E-state index contributed by atoms with van der Waals surface area (Å²) in [5.74, 6) is -1.14. The zero-order chi connectivity index (χ0) is 16.2. The van der Waals surface area contributed by atoms with Crippen molar-refractivity contribution in [1.82, 2.24) is 9.80 Å². The maximum atomic E-state index is 12.5. The number of nitrogens with zero attached hydrogens (tertiary/aromatic N) is 2. The predicted octanol–water partition coefficient (Wildman–Crippen LogP) is 1.24. The van der Waals surface area contributed by atoms with Gasteiger partial charge in [-0.3, -0.25) is 0 Å². The second kappa shape index (κ2) is 7.02. The maximum Gasteiger partial charge on any atom is 0.327 e. The van der Waals surface area contributed by atoms with Crippen LogP contribution in [0.4, 0.5) is 13.6 Å². The van der Waals surface area contributed by atoms with Gasteiger partial charge in [0, 0.05) is 13.1 Å². The molecule has 2 N–H and O–H groups in total. The standard InChI is InChI=1S/C13H22F2N2O4/c1-13(2)4-3-5-17(10(13)11(19)20)12(21)16(6-7-18)8-9(14)15/h9-10,18H,3-8H2,1-2H3,(H,19,20). The zero-order valence-corrected chi connectivity index (χ0v) is 12.3. The molecular weight excluding hydrogens is 286 g/mol. The number of likely N-dealkylation sites (tertiary alicyclic amines) is 1. The Morgan fingerprint density at radius 1 is 1.43 bits per heavy atom. The van der Waals surface area contributed by atoms with Crippen LogP contribution in [0.2, 0.25) is 0 Å². The summed E-state index contributed by atoms with van der Waals surface area (Å²) >= 11 is 0. The average molecular weight is 308 g/mol. The van der Waals surface area contributed by atoms with Crippen molar-refractivity contribution in [2.75, 3.05) is 26.2 Å². The van der Waals surface area contributed by atoms with E-state index in [0.29, 0.717) is 12.8 Å². The highest BCUT2D eigenvalue weighted by Crippen LogP contribution is 2.35. The number of piperidine rings is 1. The van der Waals surface area contributed by atoms with Gasteiger partial charge < -0.3 is 20.0 Å². The highest BCUT2D eigenvalue weighted by molar-refractivity contribution is 5.83. The molecule has 1 aliphatic heterocycles. The monoisotopic (exact) mass is 308 g/mol. The Morgan fingerprint density at radius 3 is 2.52 bits per heavy atom. The molecule has 1 saturated heterocycles. The Balaban J connectivity index is 2.97. The number of hydrogen-bond acceptors (Lipinski definition) is 3. The number of alkyl halides is 2. The first-order valence-corrected chi connectivity index (χ1v) is 6.88. The molecule has 1 heterocycles. The van der Waals surface area contributed by atoms with E-state index in [1.807, 2.05) is 0 Å². The van der Waals surface area contributed by atoms with Crippen LogP contribution in [0.25, 0.3) is 0 Å². The fraction of sp³-hybridized carbons (Fsp3) is 0.846. The smallest absolute Gasteiger partial charge is 0.327 e. The van der Waals surface area contributed by atoms with Gasteiger partial charge in [0.15, 0.2) is 0 Å². The van der Waals surface area contributed by atoms with Crippen molar-refractivity contribution in [3.63, 3.8) is 0 Å². The number of aliphatic hydroxyl groups excluding tert-OH is 1. The summed E-state index contributed by atoms with van der Waals surface area (Å²) in [4.78, 5) is 25.8. The first-order valence-electron chi connectivity index (χ1n) is 6.88. The van der Waals surface area contributed by atoms with Gasteiger partial charge in [0.25, 0.3) is 6.43 Å². The molecule has 1 rings (SSSR count). The minimum Gasteiger partial charge on any atom is -0.480 e. The summed E-state index contributed by atoms with van der Waals surface area (Å²) in [5, 5.41) is 18.3. The number of carbonyl (C=O) groups excluding carboxylic acids is 1. The summed E-state index contributed by atoms with van der Waals surface area (Å²) in [6.07, 6.45) is -1.48. The number of urea groups is 1. The Kier molecular flexibility index (Phi) is 5.88. The third-order valence-corrected chi connectivity index (χ3v) is 3.75. The van der Waals surface area contributed by atoms with Gasteiger partial charge in [0.05, 0.1) is 13.2 Å². The number of carbonyl (C=O) groups is 2. The topological polar surface area (TPSA) is 81.1 Å². The third kappa shape index (κ3) is 4.26. The largest absolute Gasteiger partial charge is 0.480 e. The SMILES string of the molecule is CC1(C)CCCN(C(=O)N(CCO)CC(F)F)C1C(=O)O. The van der Waals surface area contributed by atoms with Gasteiger partial charge in [-0.15, -0.1) is 0 Å². The summed E-state index contributed by atoms with van der Waals surface area (Å²) in [5.41, 5.74) is -0.630. The van der Waals surface area contributed by atoms with Crippen LogP contribution < -0.4 is 0 Å². The van der Waals surface area contributed by atoms with E-state index in [1.54, 1.807) is 13.8 Å². The molecule has 1 unspecified atom stereocenters. The van der Waals surface area contributed by atoms with Gasteiger partial charge >= 0.3 is 12.0 Å². The van der Waals surface area contributed by atoms with Crippen LogP contribution >= 0.6 is 0 Å². The number of rotatable bonds is 5. The van der Waals surface area contributed by atoms with Crippen LogP contribution in [-0.4, -0.2) is 70.7 Å². The van der Waals surface area contributed by atoms with Crippen molar-refractivity contribution in [3.8, 4) is 0 Å². The molecular formula is C13H22F2N2O4. The van der Waals surface area contributed by atoms with Crippen LogP contribution in [0.1, 0.15) is 26.7 Å². The van der Waals surface area contributed by atoms with Crippen molar-refractivity contribution in [3.05, 3.63) is 0 Å². The molecule has 0 aromatic carbocycles. The number of aliphatic hydroxyl groups is 1. The summed E-state index contributed by atoms with van der Waals surface area (Å²) in [7, 11) is 0. The van der Waals surface area contributed by atoms with Crippen molar-refractivity contribution in [1.29, 1.82) is 0 Å². The molecule has 0 aromatic heterocycles. The normalized spacial score (nSPS) is 21.4. The van der Waals surface area contributed by atoms with Gasteiger partial charge in [-0.05, 0) is 18.3 Å². The molecule has 8 heteroatoms. The lowest BCUT2D eigenvalue weighted by Crippen LogP contribution is -2.60. The summed E-state index contributed by atoms with van der Waals surface area (Å²) in [6, 6.07) is -1.82. The second-order valence-corrected chi connectivity index (χ2v) is 5.87. The van der Waals surface area contributed by atoms with E-state index in [4.69, 9.17) is 5.11 Å². The first kappa shape index (κ1) is 17.6. The molecule has 2 amide bonds. The lowest BCUT2D eigenvalue weighted by Gasteiger charge is -2.45. The quantitative estimate of drug-likeness (QED) is 0.801. The van der Waals surface area contributed by atoms with E-state index in [9.17, 15) is 23.5 Å². The Morgan fingerprint density at radius 2 is 2.05 bits per heavy atom. The fourth-order valence-corrected chi connectivity index (χ4v) is 2.80. The highest BCUT2D eigenvalue weighted by Gasteiger charge is 2.45. The van der Waals surface area contributed by atoms with Crippen LogP contribution in [0.15, 0.2) is 0 Å². The number of carboxylic acid groups (broad SMARTS) is 1. The molecule has 0 saturated carbocycles. The Hall–Kier alpha value is -1.44. The van der Waals surface area contributed by atoms with Crippen molar-refractivity contribution >= 4 is 12.0 Å². The molecule has 0 bridgehead atoms. The highest BCUT2D eigenvalue weighted by atomic mass is 19.3. The van der Waals surface area contributed by atoms with Crippen molar-refractivity contribution in [2.24, 2.45) is 5.41 Å². The van der Waals surface area contributed by atoms with E-state index >= 15 is 0 Å². The molecule has 0 aromatic rings. The minimum atomic E-state index is -2.73. The van der Waals surface area contributed by atoms with E-state index in [0.717, 1.165) is 9.80 Å². The molecule has 1 aliphatic rings. The number of hydrogen-bond donors (Lipinski definition) is 2. The van der Waals surface area contributed by atoms with Crippen LogP contribution in [0.5, 0.6) is 0 Å². The minimum absolute atomic E-state index is 0.213. The molecule has 1 atom stereocenters. The molecule has 0 spiro atoms. The number of amides is 2.